The number of hydrogen-bond donors (Lipinski definition) is 2. The number of carbonyl (C=O) groups excluding carboxylic acids is 8. The van der Waals surface area contributed by atoms with Gasteiger partial charge in [-0.15, -0.1) is 23.2 Å². The zero-order chi connectivity index (χ0) is 54.5. The van der Waals surface area contributed by atoms with E-state index in [0.717, 1.165) is 25.9 Å². The molecule has 18 nitrogen and oxygen atoms in total. The van der Waals surface area contributed by atoms with Crippen molar-refractivity contribution in [2.75, 3.05) is 59.0 Å². The standard InChI is InChI=1S/C27H33NO8.C23H24O8.C4H9N.CH2Cl2/c1-14(29)35-17-11-26(2)16(7-8-18(26)30)20-22(17)27(3)19(13-34-4)36-25(33)15(12-28-9-5-6-10-28)21(27)24(32)23(20)31;1-10(24)30-13-7-22(2)12(5-6-14(22)25)16-18(13)23(3)15(9-28-4)31-21(27)11-8-29-20(17(11)23)19(16)26;1-2-4-5-3-1;2-1-3/h12,16-17,19,32H,5-11,13H2,1-4H3;8,12-13,15H,5-7,9H2,1-4H3;5H,1-4H2;1H2/b15-12+;;;/t16-,17+,19+,26-,27-;12-,13+,15+,22-,23-;;/m00../s1. The Kier molecular flexibility index (Phi) is 16.2. The number of ketones is 4. The van der Waals surface area contributed by atoms with E-state index < -0.39 is 87.4 Å². The fourth-order valence-corrected chi connectivity index (χ4v) is 14.0. The Morgan fingerprint density at radius 2 is 1.23 bits per heavy atom. The highest BCUT2D eigenvalue weighted by atomic mass is 35.5. The van der Waals surface area contributed by atoms with Gasteiger partial charge in [-0.05, 0) is 76.6 Å². The van der Waals surface area contributed by atoms with Crippen LogP contribution in [0, 0.1) is 28.1 Å². The number of nitrogens with one attached hydrogen (secondary N) is 1. The number of aliphatic hydroxyl groups is 1. The summed E-state index contributed by atoms with van der Waals surface area (Å²) in [4.78, 5) is 106. The maximum absolute atomic E-state index is 13.9. The van der Waals surface area contributed by atoms with E-state index in [4.69, 9.17) is 56.0 Å². The van der Waals surface area contributed by atoms with Crippen molar-refractivity contribution in [1.29, 1.82) is 0 Å². The number of rotatable bonds is 7. The molecule has 0 amide bonds. The number of ether oxygens (including phenoxy) is 6. The molecule has 10 aliphatic rings. The molecule has 20 heteroatoms. The summed E-state index contributed by atoms with van der Waals surface area (Å²) in [6, 6.07) is 0. The van der Waals surface area contributed by atoms with Gasteiger partial charge in [0.1, 0.15) is 47.8 Å². The fourth-order valence-electron chi connectivity index (χ4n) is 14.0. The zero-order valence-electron chi connectivity index (χ0n) is 43.9. The van der Waals surface area contributed by atoms with Crippen LogP contribution in [0.5, 0.6) is 0 Å². The van der Waals surface area contributed by atoms with Crippen molar-refractivity contribution in [3.05, 3.63) is 68.5 Å². The number of alkyl halides is 2. The van der Waals surface area contributed by atoms with Crippen molar-refractivity contribution in [1.82, 2.24) is 10.2 Å². The van der Waals surface area contributed by atoms with Gasteiger partial charge in [-0.3, -0.25) is 28.8 Å². The minimum Gasteiger partial charge on any atom is -0.504 e. The summed E-state index contributed by atoms with van der Waals surface area (Å²) in [5.41, 5.74) is -1.04. The summed E-state index contributed by atoms with van der Waals surface area (Å²) in [5, 5.41) is 14.9. The molecule has 0 unspecified atom stereocenters. The van der Waals surface area contributed by atoms with Crippen molar-refractivity contribution in [3.8, 4) is 0 Å². The van der Waals surface area contributed by atoms with E-state index in [-0.39, 0.29) is 77.1 Å². The Morgan fingerprint density at radius 3 is 1.71 bits per heavy atom. The Balaban J connectivity index is 0.000000175. The summed E-state index contributed by atoms with van der Waals surface area (Å²) in [6.07, 6.45) is 6.55. The van der Waals surface area contributed by atoms with Crippen LogP contribution in [-0.4, -0.2) is 140 Å². The van der Waals surface area contributed by atoms with E-state index in [2.05, 4.69) is 5.32 Å². The normalized spacial score (nSPS) is 34.6. The number of furan rings is 1. The van der Waals surface area contributed by atoms with Crippen LogP contribution >= 0.6 is 23.2 Å². The van der Waals surface area contributed by atoms with E-state index in [1.54, 1.807) is 6.20 Å². The molecular weight excluding hydrogens is 1020 g/mol. The zero-order valence-corrected chi connectivity index (χ0v) is 45.4. The molecule has 5 heterocycles. The van der Waals surface area contributed by atoms with Gasteiger partial charge in [-0.25, -0.2) is 9.59 Å². The van der Waals surface area contributed by atoms with Crippen molar-refractivity contribution in [3.63, 3.8) is 0 Å². The van der Waals surface area contributed by atoms with Gasteiger partial charge in [0, 0.05) is 118 Å². The lowest BCUT2D eigenvalue weighted by molar-refractivity contribution is -0.160. The minimum atomic E-state index is -1.20. The van der Waals surface area contributed by atoms with Crippen LogP contribution in [0.25, 0.3) is 0 Å². The van der Waals surface area contributed by atoms with Gasteiger partial charge in [0.25, 0.3) is 0 Å². The molecule has 408 valence electrons. The molecule has 3 saturated heterocycles. The quantitative estimate of drug-likeness (QED) is 0.122. The highest BCUT2D eigenvalue weighted by Gasteiger charge is 2.66. The Hall–Kier alpha value is -5.14. The van der Waals surface area contributed by atoms with Crippen molar-refractivity contribution in [2.45, 2.75) is 136 Å². The second-order valence-electron chi connectivity index (χ2n) is 21.8. The average Bonchev–Trinajstić information content (AvgIpc) is 4.22. The first-order chi connectivity index (χ1) is 35.6. The molecule has 0 radical (unpaired) electrons. The number of Topliss-reactive ketones (excluding diaryl/α,β-unsaturated/α-hetero) is 4. The molecule has 2 saturated carbocycles. The highest BCUT2D eigenvalue weighted by molar-refractivity contribution is 6.40. The van der Waals surface area contributed by atoms with Crippen LogP contribution in [0.4, 0.5) is 0 Å². The lowest BCUT2D eigenvalue weighted by atomic mass is 9.53. The van der Waals surface area contributed by atoms with Crippen LogP contribution in [0.1, 0.15) is 132 Å². The van der Waals surface area contributed by atoms with E-state index >= 15 is 0 Å². The van der Waals surface area contributed by atoms with Gasteiger partial charge < -0.3 is 48.2 Å². The van der Waals surface area contributed by atoms with Gasteiger partial charge >= 0.3 is 23.9 Å². The Morgan fingerprint density at radius 1 is 0.747 bits per heavy atom. The Labute approximate surface area is 446 Å². The first kappa shape index (κ1) is 56.1. The topological polar surface area (TPSA) is 241 Å². The van der Waals surface area contributed by atoms with E-state index in [0.29, 0.717) is 53.5 Å². The molecule has 4 aliphatic heterocycles. The molecule has 5 fully saturated rings. The third kappa shape index (κ3) is 9.31. The number of fused-ring (bicyclic) bond motifs is 7. The third-order valence-corrected chi connectivity index (χ3v) is 17.5. The molecule has 0 aromatic carbocycles. The first-order valence-corrected chi connectivity index (χ1v) is 26.9. The molecule has 1 aromatic heterocycles. The van der Waals surface area contributed by atoms with Crippen LogP contribution in [-0.2, 0) is 62.6 Å². The summed E-state index contributed by atoms with van der Waals surface area (Å²) in [6.45, 7) is 14.0. The van der Waals surface area contributed by atoms with Crippen molar-refractivity contribution < 1.29 is 76.3 Å². The second kappa shape index (κ2) is 21.7. The molecule has 0 bridgehead atoms. The number of likely N-dealkylation sites (tertiary alicyclic amines) is 1. The number of hydrogen-bond acceptors (Lipinski definition) is 18. The predicted octanol–water partition coefficient (Wildman–Crippen LogP) is 6.88. The average molecular weight is 1080 g/mol. The van der Waals surface area contributed by atoms with Crippen LogP contribution in [0.3, 0.4) is 0 Å². The summed E-state index contributed by atoms with van der Waals surface area (Å²) >= 11 is 9.53. The van der Waals surface area contributed by atoms with Gasteiger partial charge in [0.2, 0.25) is 11.6 Å². The number of nitrogens with zero attached hydrogens (tertiary/aromatic N) is 1. The van der Waals surface area contributed by atoms with Crippen LogP contribution in [0.2, 0.25) is 0 Å². The van der Waals surface area contributed by atoms with E-state index in [1.807, 2.05) is 32.6 Å². The maximum atomic E-state index is 13.9. The molecule has 2 N–H and O–H groups in total. The third-order valence-electron chi connectivity index (χ3n) is 17.5. The fraction of sp³-hybridized carbons (Fsp3) is 0.636. The van der Waals surface area contributed by atoms with E-state index in [9.17, 15) is 43.5 Å². The smallest absolute Gasteiger partial charge is 0.342 e. The van der Waals surface area contributed by atoms with Crippen molar-refractivity contribution >= 4 is 70.2 Å². The largest absolute Gasteiger partial charge is 0.504 e. The van der Waals surface area contributed by atoms with Crippen LogP contribution in [0.15, 0.2) is 56.1 Å². The molecule has 1 aromatic rings. The summed E-state index contributed by atoms with van der Waals surface area (Å²) in [5.74, 6) is -4.29. The number of allylic oxidation sites excluding steroid dienone is 2. The van der Waals surface area contributed by atoms with Crippen molar-refractivity contribution in [2.24, 2.45) is 28.1 Å². The second-order valence-corrected chi connectivity index (χ2v) is 22.6. The SMILES string of the molecule is C1CCNC1.COC[C@H]1OC(=O)/C(=C/N2CCCC2)C2=C(O)C(=O)C3=C([C@H](OC(C)=O)C[C@]4(C)C(=O)CC[C@@H]34)[C@]21C.COC[C@H]1OC(=O)c2coc3c2[C@@]1(C)C1=C(C3=O)[C@@H]2CCC(=O)[C@@]2(C)C[C@H]1OC(C)=O.ClCCl. The van der Waals surface area contributed by atoms with Gasteiger partial charge in [-0.2, -0.15) is 0 Å². The number of aliphatic hydroxyl groups excluding tert-OH is 1. The number of cyclic esters (lactones) is 2. The van der Waals surface area contributed by atoms with Crippen LogP contribution < -0.4 is 5.32 Å². The molecule has 6 aliphatic carbocycles. The van der Waals surface area contributed by atoms with E-state index in [1.165, 1.54) is 60.3 Å². The molecule has 0 spiro atoms. The van der Waals surface area contributed by atoms with Gasteiger partial charge in [0.15, 0.2) is 11.5 Å². The molecule has 11 rings (SSSR count). The lowest BCUT2D eigenvalue weighted by Gasteiger charge is -2.53. The monoisotopic (exact) mass is 1080 g/mol. The highest BCUT2D eigenvalue weighted by Crippen LogP contribution is 2.64. The molecule has 75 heavy (non-hydrogen) atoms. The lowest BCUT2D eigenvalue weighted by Crippen LogP contribution is -2.57. The minimum absolute atomic E-state index is 0.00857. The maximum Gasteiger partial charge on any atom is 0.342 e. The number of methoxy groups -OCH3 is 2. The number of carbonyl (C=O) groups is 8. The predicted molar refractivity (Wildman–Crippen MR) is 270 cm³/mol. The summed E-state index contributed by atoms with van der Waals surface area (Å²) < 4.78 is 39.5. The number of esters is 4. The number of halogens is 2. The molecular formula is C55H68Cl2N2O16. The van der Waals surface area contributed by atoms with Gasteiger partial charge in [-0.1, -0.05) is 13.8 Å². The molecule has 10 atom stereocenters. The first-order valence-electron chi connectivity index (χ1n) is 25.8. The summed E-state index contributed by atoms with van der Waals surface area (Å²) in [7, 11) is 2.99. The Bertz CT molecular complexity index is 2690. The van der Waals surface area contributed by atoms with Gasteiger partial charge in [0.05, 0.1) is 35.0 Å².